The molecule has 1 unspecified atom stereocenters. The molecule has 0 aliphatic carbocycles. The molecule has 4 nitrogen and oxygen atoms in total. The summed E-state index contributed by atoms with van der Waals surface area (Å²) in [6.45, 7) is 4.19. The summed E-state index contributed by atoms with van der Waals surface area (Å²) in [5, 5.41) is 12.2. The van der Waals surface area contributed by atoms with Crippen molar-refractivity contribution in [3.63, 3.8) is 0 Å². The molecule has 1 amide bonds. The van der Waals surface area contributed by atoms with Crippen molar-refractivity contribution in [1.29, 1.82) is 0 Å². The second-order valence-corrected chi connectivity index (χ2v) is 6.48. The average molecular weight is 342 g/mol. The van der Waals surface area contributed by atoms with Crippen LogP contribution in [0.15, 0.2) is 18.2 Å². The third kappa shape index (κ3) is 4.24. The van der Waals surface area contributed by atoms with Crippen LogP contribution in [0.4, 0.5) is 9.52 Å². The van der Waals surface area contributed by atoms with Gasteiger partial charge in [0.2, 0.25) is 11.0 Å². The Kier molecular flexibility index (Phi) is 5.85. The van der Waals surface area contributed by atoms with Crippen LogP contribution in [0.25, 0.3) is 0 Å². The first-order valence-electron chi connectivity index (χ1n) is 7.07. The van der Waals surface area contributed by atoms with Crippen LogP contribution in [0.3, 0.4) is 0 Å². The summed E-state index contributed by atoms with van der Waals surface area (Å²) in [4.78, 5) is 12.0. The fourth-order valence-corrected chi connectivity index (χ4v) is 3.14. The molecule has 0 bridgehead atoms. The zero-order chi connectivity index (χ0) is 16.1. The second-order valence-electron chi connectivity index (χ2n) is 5.06. The predicted octanol–water partition coefficient (Wildman–Crippen LogP) is 4.42. The normalized spacial score (nSPS) is 12.2. The van der Waals surface area contributed by atoms with E-state index >= 15 is 0 Å². The van der Waals surface area contributed by atoms with Crippen molar-refractivity contribution in [2.45, 2.75) is 39.0 Å². The highest BCUT2D eigenvalue weighted by atomic mass is 35.5. The summed E-state index contributed by atoms with van der Waals surface area (Å²) in [6.07, 6.45) is 1.95. The number of benzene rings is 1. The number of aromatic nitrogens is 2. The van der Waals surface area contributed by atoms with Crippen LogP contribution in [0, 0.1) is 5.82 Å². The van der Waals surface area contributed by atoms with Gasteiger partial charge in [0.1, 0.15) is 10.8 Å². The number of rotatable bonds is 6. The number of carbonyl (C=O) groups excluding carboxylic acids is 1. The molecule has 1 N–H and O–H groups in total. The standard InChI is InChI=1S/C15H17ClFN3OS/c1-3-5-9(2)14-19-20-15(22-14)18-13(21)8-10-11(16)6-4-7-12(10)17/h4,6-7,9H,3,5,8H2,1-2H3,(H,18,20,21). The molecule has 1 heterocycles. The highest BCUT2D eigenvalue weighted by molar-refractivity contribution is 7.15. The van der Waals surface area contributed by atoms with Gasteiger partial charge in [-0.2, -0.15) is 0 Å². The Morgan fingerprint density at radius 2 is 2.23 bits per heavy atom. The highest BCUT2D eigenvalue weighted by Gasteiger charge is 2.15. The number of anilines is 1. The van der Waals surface area contributed by atoms with Gasteiger partial charge in [0.05, 0.1) is 6.42 Å². The molecule has 7 heteroatoms. The van der Waals surface area contributed by atoms with Crippen molar-refractivity contribution in [3.8, 4) is 0 Å². The van der Waals surface area contributed by atoms with Crippen molar-refractivity contribution in [1.82, 2.24) is 10.2 Å². The summed E-state index contributed by atoms with van der Waals surface area (Å²) < 4.78 is 13.7. The van der Waals surface area contributed by atoms with E-state index in [0.29, 0.717) is 11.0 Å². The lowest BCUT2D eigenvalue weighted by atomic mass is 10.1. The number of nitrogens with one attached hydrogen (secondary N) is 1. The van der Waals surface area contributed by atoms with Crippen LogP contribution in [0.2, 0.25) is 5.02 Å². The molecule has 0 aliphatic heterocycles. The maximum Gasteiger partial charge on any atom is 0.230 e. The molecule has 0 aliphatic rings. The van der Waals surface area contributed by atoms with Gasteiger partial charge < -0.3 is 5.32 Å². The van der Waals surface area contributed by atoms with Crippen molar-refractivity contribution in [2.24, 2.45) is 0 Å². The molecule has 118 valence electrons. The summed E-state index contributed by atoms with van der Waals surface area (Å²) in [5.41, 5.74) is 0.186. The molecule has 2 rings (SSSR count). The minimum atomic E-state index is -0.489. The van der Waals surface area contributed by atoms with E-state index < -0.39 is 5.82 Å². The van der Waals surface area contributed by atoms with E-state index in [1.54, 1.807) is 6.07 Å². The Balaban J connectivity index is 2.01. The van der Waals surface area contributed by atoms with E-state index in [2.05, 4.69) is 29.4 Å². The van der Waals surface area contributed by atoms with Gasteiger partial charge in [-0.05, 0) is 18.6 Å². The van der Waals surface area contributed by atoms with Crippen molar-refractivity contribution >= 4 is 34.0 Å². The minimum absolute atomic E-state index is 0.134. The first-order chi connectivity index (χ1) is 10.5. The van der Waals surface area contributed by atoms with Crippen LogP contribution >= 0.6 is 22.9 Å². The molecule has 2 aromatic rings. The Bertz CT molecular complexity index is 642. The molecular weight excluding hydrogens is 325 g/mol. The van der Waals surface area contributed by atoms with E-state index in [-0.39, 0.29) is 22.9 Å². The Hall–Kier alpha value is -1.53. The van der Waals surface area contributed by atoms with Gasteiger partial charge >= 0.3 is 0 Å². The van der Waals surface area contributed by atoms with Gasteiger partial charge in [-0.25, -0.2) is 4.39 Å². The zero-order valence-corrected chi connectivity index (χ0v) is 14.0. The fraction of sp³-hybridized carbons (Fsp3) is 0.400. The third-order valence-corrected chi connectivity index (χ3v) is 4.65. The maximum absolute atomic E-state index is 13.7. The number of carbonyl (C=O) groups is 1. The molecule has 0 saturated carbocycles. The molecule has 1 aromatic heterocycles. The molecule has 0 fully saturated rings. The number of halogens is 2. The third-order valence-electron chi connectivity index (χ3n) is 3.23. The zero-order valence-electron chi connectivity index (χ0n) is 12.4. The molecule has 0 spiro atoms. The summed E-state index contributed by atoms with van der Waals surface area (Å²) >= 11 is 7.26. The summed E-state index contributed by atoms with van der Waals surface area (Å²) in [7, 11) is 0. The largest absolute Gasteiger partial charge is 0.300 e. The van der Waals surface area contributed by atoms with Gasteiger partial charge in [0, 0.05) is 16.5 Å². The maximum atomic E-state index is 13.7. The van der Waals surface area contributed by atoms with E-state index in [0.717, 1.165) is 17.8 Å². The van der Waals surface area contributed by atoms with E-state index in [4.69, 9.17) is 11.6 Å². The van der Waals surface area contributed by atoms with Crippen LogP contribution in [0.1, 0.15) is 43.2 Å². The van der Waals surface area contributed by atoms with Gasteiger partial charge in [-0.15, -0.1) is 10.2 Å². The molecule has 0 radical (unpaired) electrons. The van der Waals surface area contributed by atoms with Gasteiger partial charge in [0.25, 0.3) is 0 Å². The lowest BCUT2D eigenvalue weighted by Gasteiger charge is -2.05. The number of hydrogen-bond donors (Lipinski definition) is 1. The van der Waals surface area contributed by atoms with Gasteiger partial charge in [-0.3, -0.25) is 4.79 Å². The summed E-state index contributed by atoms with van der Waals surface area (Å²) in [5.74, 6) is -0.538. The van der Waals surface area contributed by atoms with Gasteiger partial charge in [0.15, 0.2) is 0 Å². The quantitative estimate of drug-likeness (QED) is 0.846. The lowest BCUT2D eigenvalue weighted by molar-refractivity contribution is -0.115. The molecular formula is C15H17ClFN3OS. The van der Waals surface area contributed by atoms with E-state index in [9.17, 15) is 9.18 Å². The van der Waals surface area contributed by atoms with Crippen LogP contribution in [-0.2, 0) is 11.2 Å². The SMILES string of the molecule is CCCC(C)c1nnc(NC(=O)Cc2c(F)cccc2Cl)s1. The van der Waals surface area contributed by atoms with Gasteiger partial charge in [-0.1, -0.05) is 49.3 Å². The first kappa shape index (κ1) is 16.8. The van der Waals surface area contributed by atoms with Crippen molar-refractivity contribution in [2.75, 3.05) is 5.32 Å². The lowest BCUT2D eigenvalue weighted by Crippen LogP contribution is -2.15. The Morgan fingerprint density at radius 3 is 2.91 bits per heavy atom. The smallest absolute Gasteiger partial charge is 0.230 e. The molecule has 1 atom stereocenters. The van der Waals surface area contributed by atoms with Crippen molar-refractivity contribution < 1.29 is 9.18 Å². The number of nitrogens with zero attached hydrogens (tertiary/aromatic N) is 2. The van der Waals surface area contributed by atoms with E-state index in [1.165, 1.54) is 23.5 Å². The number of hydrogen-bond acceptors (Lipinski definition) is 4. The predicted molar refractivity (Wildman–Crippen MR) is 87.0 cm³/mol. The minimum Gasteiger partial charge on any atom is -0.300 e. The monoisotopic (exact) mass is 341 g/mol. The Labute approximate surface area is 137 Å². The molecule has 0 saturated heterocycles. The molecule has 1 aromatic carbocycles. The average Bonchev–Trinajstić information content (AvgIpc) is 2.92. The number of amides is 1. The summed E-state index contributed by atoms with van der Waals surface area (Å²) in [6, 6.07) is 4.35. The van der Waals surface area contributed by atoms with Crippen LogP contribution in [0.5, 0.6) is 0 Å². The highest BCUT2D eigenvalue weighted by Crippen LogP contribution is 2.26. The Morgan fingerprint density at radius 1 is 1.45 bits per heavy atom. The molecule has 22 heavy (non-hydrogen) atoms. The fourth-order valence-electron chi connectivity index (χ4n) is 2.07. The topological polar surface area (TPSA) is 54.9 Å². The van der Waals surface area contributed by atoms with Crippen molar-refractivity contribution in [3.05, 3.63) is 39.6 Å². The van der Waals surface area contributed by atoms with Crippen LogP contribution in [-0.4, -0.2) is 16.1 Å². The van der Waals surface area contributed by atoms with Crippen LogP contribution < -0.4 is 5.32 Å². The first-order valence-corrected chi connectivity index (χ1v) is 8.26. The second kappa shape index (κ2) is 7.65. The van der Waals surface area contributed by atoms with E-state index in [1.807, 2.05) is 0 Å².